The van der Waals surface area contributed by atoms with E-state index in [1.54, 1.807) is 29.2 Å². The molecule has 3 rings (SSSR count). The number of ether oxygens (including phenoxy) is 1. The molecule has 0 aliphatic rings. The zero-order chi connectivity index (χ0) is 17.5. The number of esters is 1. The van der Waals surface area contributed by atoms with Gasteiger partial charge in [-0.1, -0.05) is 0 Å². The van der Waals surface area contributed by atoms with Crippen LogP contribution in [0.3, 0.4) is 0 Å². The first kappa shape index (κ1) is 16.0. The number of nitrogens with zero attached hydrogens (tertiary/aromatic N) is 4. The number of hydrogen-bond acceptors (Lipinski definition) is 5. The Labute approximate surface area is 140 Å². The number of anilines is 1. The number of nitrogens with one attached hydrogen (secondary N) is 1. The van der Waals surface area contributed by atoms with Crippen molar-refractivity contribution in [1.29, 1.82) is 0 Å². The van der Waals surface area contributed by atoms with Crippen LogP contribution in [0.2, 0.25) is 0 Å². The Balaban J connectivity index is 2.25. The van der Waals surface area contributed by atoms with Crippen LogP contribution in [-0.4, -0.2) is 37.8 Å². The van der Waals surface area contributed by atoms with E-state index in [0.717, 1.165) is 22.9 Å². The van der Waals surface area contributed by atoms with E-state index < -0.39 is 0 Å². The minimum absolute atomic E-state index is 0.176. The Morgan fingerprint density at radius 3 is 2.58 bits per heavy atom. The largest absolute Gasteiger partial charge is 0.465 e. The standard InChI is InChI=1S/C17H21N5O2/c1-17(2,3)20-15-14(12-8-9-18-21(12)4)19-13-7-6-11(10-22(13)15)16(23)24-5/h6-10,20H,1-5H3. The van der Waals surface area contributed by atoms with Gasteiger partial charge in [0.15, 0.2) is 0 Å². The van der Waals surface area contributed by atoms with E-state index in [4.69, 9.17) is 9.72 Å². The normalized spacial score (nSPS) is 11.7. The molecule has 0 spiro atoms. The number of aryl methyl sites for hydroxylation is 1. The van der Waals surface area contributed by atoms with Crippen LogP contribution in [0.1, 0.15) is 31.1 Å². The van der Waals surface area contributed by atoms with Crippen LogP contribution in [0.25, 0.3) is 17.0 Å². The van der Waals surface area contributed by atoms with E-state index >= 15 is 0 Å². The van der Waals surface area contributed by atoms with Crippen molar-refractivity contribution in [2.45, 2.75) is 26.3 Å². The van der Waals surface area contributed by atoms with Gasteiger partial charge in [-0.2, -0.15) is 5.10 Å². The summed E-state index contributed by atoms with van der Waals surface area (Å²) in [5.74, 6) is 0.432. The van der Waals surface area contributed by atoms with Gasteiger partial charge in [-0.05, 0) is 39.0 Å². The number of methoxy groups -OCH3 is 1. The van der Waals surface area contributed by atoms with Crippen LogP contribution < -0.4 is 5.32 Å². The number of imidazole rings is 1. The molecule has 1 N–H and O–H groups in total. The maximum Gasteiger partial charge on any atom is 0.339 e. The number of pyridine rings is 1. The molecule has 0 atom stereocenters. The minimum atomic E-state index is -0.380. The fourth-order valence-corrected chi connectivity index (χ4v) is 2.54. The lowest BCUT2D eigenvalue weighted by atomic mass is 10.1. The first-order chi connectivity index (χ1) is 11.3. The average molecular weight is 327 g/mol. The Morgan fingerprint density at radius 1 is 1.25 bits per heavy atom. The Bertz CT molecular complexity index is 901. The van der Waals surface area contributed by atoms with Crippen LogP contribution >= 0.6 is 0 Å². The number of hydrogen-bond donors (Lipinski definition) is 1. The van der Waals surface area contributed by atoms with E-state index in [2.05, 4.69) is 31.2 Å². The molecular formula is C17H21N5O2. The van der Waals surface area contributed by atoms with Gasteiger partial charge in [0.1, 0.15) is 17.2 Å². The predicted molar refractivity (Wildman–Crippen MR) is 92.1 cm³/mol. The number of carbonyl (C=O) groups excluding carboxylic acids is 1. The molecule has 0 saturated carbocycles. The summed E-state index contributed by atoms with van der Waals surface area (Å²) in [4.78, 5) is 16.6. The smallest absolute Gasteiger partial charge is 0.339 e. The lowest BCUT2D eigenvalue weighted by molar-refractivity contribution is 0.0600. The molecule has 0 saturated heterocycles. The van der Waals surface area contributed by atoms with Crippen molar-refractivity contribution in [2.24, 2.45) is 7.05 Å². The van der Waals surface area contributed by atoms with Crippen molar-refractivity contribution in [3.05, 3.63) is 36.2 Å². The fraction of sp³-hybridized carbons (Fsp3) is 0.353. The van der Waals surface area contributed by atoms with Gasteiger partial charge in [-0.25, -0.2) is 9.78 Å². The van der Waals surface area contributed by atoms with Gasteiger partial charge < -0.3 is 10.1 Å². The van der Waals surface area contributed by atoms with E-state index in [-0.39, 0.29) is 11.5 Å². The van der Waals surface area contributed by atoms with Crippen LogP contribution in [0.4, 0.5) is 5.82 Å². The highest BCUT2D eigenvalue weighted by Crippen LogP contribution is 2.30. The second-order valence-electron chi connectivity index (χ2n) is 6.66. The highest BCUT2D eigenvalue weighted by molar-refractivity contribution is 5.90. The summed E-state index contributed by atoms with van der Waals surface area (Å²) in [6.07, 6.45) is 3.47. The summed E-state index contributed by atoms with van der Waals surface area (Å²) in [6.45, 7) is 6.22. The molecule has 24 heavy (non-hydrogen) atoms. The van der Waals surface area contributed by atoms with Crippen molar-refractivity contribution in [1.82, 2.24) is 19.2 Å². The summed E-state index contributed by atoms with van der Waals surface area (Å²) < 4.78 is 8.47. The summed E-state index contributed by atoms with van der Waals surface area (Å²) in [5.41, 5.74) is 2.71. The molecule has 0 bridgehead atoms. The third-order valence-corrected chi connectivity index (χ3v) is 3.60. The van der Waals surface area contributed by atoms with Gasteiger partial charge in [0, 0.05) is 25.0 Å². The van der Waals surface area contributed by atoms with Gasteiger partial charge in [0.05, 0.1) is 18.4 Å². The summed E-state index contributed by atoms with van der Waals surface area (Å²) in [7, 11) is 3.25. The fourth-order valence-electron chi connectivity index (χ4n) is 2.54. The molecule has 0 fully saturated rings. The number of aromatic nitrogens is 4. The van der Waals surface area contributed by atoms with Gasteiger partial charge in [0.25, 0.3) is 0 Å². The zero-order valence-electron chi connectivity index (χ0n) is 14.5. The van der Waals surface area contributed by atoms with E-state index in [0.29, 0.717) is 5.56 Å². The zero-order valence-corrected chi connectivity index (χ0v) is 14.5. The number of fused-ring (bicyclic) bond motifs is 1. The second kappa shape index (κ2) is 5.67. The summed E-state index contributed by atoms with van der Waals surface area (Å²) in [6, 6.07) is 5.43. The Hall–Kier alpha value is -2.83. The summed E-state index contributed by atoms with van der Waals surface area (Å²) in [5, 5.41) is 7.70. The molecular weight excluding hydrogens is 306 g/mol. The molecule has 0 aromatic carbocycles. The molecule has 0 radical (unpaired) electrons. The lowest BCUT2D eigenvalue weighted by Crippen LogP contribution is -2.27. The first-order valence-corrected chi connectivity index (χ1v) is 7.67. The van der Waals surface area contributed by atoms with Crippen molar-refractivity contribution in [3.8, 4) is 11.4 Å². The topological polar surface area (TPSA) is 73.4 Å². The molecule has 0 aliphatic carbocycles. The molecule has 0 amide bonds. The SMILES string of the molecule is COC(=O)c1ccc2nc(-c3ccnn3C)c(NC(C)(C)C)n2c1. The third-order valence-electron chi connectivity index (χ3n) is 3.60. The molecule has 3 heterocycles. The molecule has 126 valence electrons. The first-order valence-electron chi connectivity index (χ1n) is 7.67. The van der Waals surface area contributed by atoms with E-state index in [9.17, 15) is 4.79 Å². The molecule has 3 aromatic rings. The number of carbonyl (C=O) groups is 1. The quantitative estimate of drug-likeness (QED) is 0.749. The summed E-state index contributed by atoms with van der Waals surface area (Å²) >= 11 is 0. The lowest BCUT2D eigenvalue weighted by Gasteiger charge is -2.22. The third kappa shape index (κ3) is 2.84. The van der Waals surface area contributed by atoms with Crippen LogP contribution in [0.15, 0.2) is 30.6 Å². The molecule has 3 aromatic heterocycles. The molecule has 7 nitrogen and oxygen atoms in total. The van der Waals surface area contributed by atoms with Gasteiger partial charge in [0.2, 0.25) is 0 Å². The Kier molecular flexibility index (Phi) is 3.79. The van der Waals surface area contributed by atoms with Crippen LogP contribution in [0.5, 0.6) is 0 Å². The second-order valence-corrected chi connectivity index (χ2v) is 6.66. The minimum Gasteiger partial charge on any atom is -0.465 e. The maximum atomic E-state index is 11.9. The molecule has 7 heteroatoms. The average Bonchev–Trinajstić information content (AvgIpc) is 3.08. The van der Waals surface area contributed by atoms with Crippen molar-refractivity contribution >= 4 is 17.4 Å². The Morgan fingerprint density at radius 2 is 2.00 bits per heavy atom. The van der Waals surface area contributed by atoms with Crippen molar-refractivity contribution in [2.75, 3.05) is 12.4 Å². The van der Waals surface area contributed by atoms with Crippen molar-refractivity contribution in [3.63, 3.8) is 0 Å². The highest BCUT2D eigenvalue weighted by atomic mass is 16.5. The molecule has 0 aliphatic heterocycles. The monoisotopic (exact) mass is 327 g/mol. The van der Waals surface area contributed by atoms with E-state index in [1.807, 2.05) is 17.5 Å². The van der Waals surface area contributed by atoms with E-state index in [1.165, 1.54) is 7.11 Å². The van der Waals surface area contributed by atoms with Gasteiger partial charge >= 0.3 is 5.97 Å². The van der Waals surface area contributed by atoms with Crippen molar-refractivity contribution < 1.29 is 9.53 Å². The highest BCUT2D eigenvalue weighted by Gasteiger charge is 2.21. The van der Waals surface area contributed by atoms with Gasteiger partial charge in [-0.15, -0.1) is 0 Å². The predicted octanol–water partition coefficient (Wildman–Crippen LogP) is 2.73. The van der Waals surface area contributed by atoms with Gasteiger partial charge in [-0.3, -0.25) is 9.08 Å². The molecule has 0 unspecified atom stereocenters. The van der Waals surface area contributed by atoms with Crippen LogP contribution in [0, 0.1) is 0 Å². The number of rotatable bonds is 3. The maximum absolute atomic E-state index is 11.9. The van der Waals surface area contributed by atoms with Crippen LogP contribution in [-0.2, 0) is 11.8 Å².